The third-order valence-corrected chi connectivity index (χ3v) is 5.90. The molecular weight excluding hydrogens is 394 g/mol. The Morgan fingerprint density at radius 2 is 1.83 bits per heavy atom. The molecule has 1 heterocycles. The molecular formula is C20H19N3O7. The van der Waals surface area contributed by atoms with Crippen LogP contribution in [0.4, 0.5) is 11.4 Å². The molecule has 0 radical (unpaired) electrons. The Morgan fingerprint density at radius 1 is 1.20 bits per heavy atom. The van der Waals surface area contributed by atoms with Crippen LogP contribution in [-0.4, -0.2) is 46.7 Å². The number of nitro benzene ring substituents is 1. The van der Waals surface area contributed by atoms with E-state index in [1.807, 2.05) is 12.2 Å². The Bertz CT molecular complexity index is 972. The highest BCUT2D eigenvalue weighted by Crippen LogP contribution is 2.52. The van der Waals surface area contributed by atoms with Gasteiger partial charge in [-0.1, -0.05) is 18.2 Å². The van der Waals surface area contributed by atoms with Crippen molar-refractivity contribution in [2.24, 2.45) is 23.7 Å². The maximum atomic E-state index is 12.5. The molecule has 1 aromatic rings. The summed E-state index contributed by atoms with van der Waals surface area (Å²) < 4.78 is 4.88. The van der Waals surface area contributed by atoms with Gasteiger partial charge in [-0.15, -0.1) is 0 Å². The molecule has 4 atom stereocenters. The quantitative estimate of drug-likeness (QED) is 0.243. The van der Waals surface area contributed by atoms with Gasteiger partial charge < -0.3 is 10.1 Å². The van der Waals surface area contributed by atoms with Gasteiger partial charge in [0.2, 0.25) is 11.8 Å². The van der Waals surface area contributed by atoms with E-state index in [4.69, 9.17) is 4.74 Å². The molecule has 2 bridgehead atoms. The molecule has 0 spiro atoms. The van der Waals surface area contributed by atoms with E-state index in [2.05, 4.69) is 5.32 Å². The molecule has 1 aliphatic heterocycles. The predicted octanol–water partition coefficient (Wildman–Crippen LogP) is 1.19. The summed E-state index contributed by atoms with van der Waals surface area (Å²) in [5.41, 5.74) is 0.483. The Hall–Kier alpha value is -3.56. The number of imide groups is 1. The maximum Gasteiger partial charge on any atom is 0.326 e. The third kappa shape index (κ3) is 3.34. The fraction of sp³-hybridized carbons (Fsp3) is 0.400. The second-order valence-electron chi connectivity index (χ2n) is 7.73. The number of likely N-dealkylation sites (tertiary alicyclic amines) is 1. The first-order valence-electron chi connectivity index (χ1n) is 9.50. The fourth-order valence-corrected chi connectivity index (χ4v) is 4.52. The van der Waals surface area contributed by atoms with Crippen molar-refractivity contribution in [3.63, 3.8) is 0 Å². The van der Waals surface area contributed by atoms with Gasteiger partial charge >= 0.3 is 5.97 Å². The summed E-state index contributed by atoms with van der Waals surface area (Å²) in [5, 5.41) is 13.4. The zero-order valence-corrected chi connectivity index (χ0v) is 16.1. The molecule has 2 fully saturated rings. The van der Waals surface area contributed by atoms with Gasteiger partial charge in [0.15, 0.2) is 6.61 Å². The van der Waals surface area contributed by atoms with Crippen molar-refractivity contribution < 1.29 is 28.8 Å². The molecule has 1 aromatic carbocycles. The van der Waals surface area contributed by atoms with E-state index in [-0.39, 0.29) is 35.0 Å². The lowest BCUT2D eigenvalue weighted by atomic mass is 9.85. The smallest absolute Gasteiger partial charge is 0.326 e. The summed E-state index contributed by atoms with van der Waals surface area (Å²) in [4.78, 5) is 60.5. The molecule has 1 N–H and O–H groups in total. The van der Waals surface area contributed by atoms with Crippen LogP contribution in [0, 0.1) is 40.7 Å². The SMILES string of the molecule is Cc1ccc(NC(=O)COC(=O)CN2C(=O)[C@@H]3[C@@H](C2=O)[C@H]2C=C[C@H]3C2)cc1[N+](=O)[O-]. The van der Waals surface area contributed by atoms with E-state index in [1.54, 1.807) is 6.92 Å². The van der Waals surface area contributed by atoms with Crippen molar-refractivity contribution in [3.8, 4) is 0 Å². The largest absolute Gasteiger partial charge is 0.454 e. The van der Waals surface area contributed by atoms with Gasteiger partial charge in [0, 0.05) is 17.3 Å². The number of anilines is 1. The monoisotopic (exact) mass is 413 g/mol. The molecule has 156 valence electrons. The number of nitrogens with zero attached hydrogens (tertiary/aromatic N) is 2. The van der Waals surface area contributed by atoms with Crippen LogP contribution in [0.15, 0.2) is 30.4 Å². The highest BCUT2D eigenvalue weighted by atomic mass is 16.6. The van der Waals surface area contributed by atoms with Crippen LogP contribution in [0.3, 0.4) is 0 Å². The number of fused-ring (bicyclic) bond motifs is 5. The predicted molar refractivity (Wildman–Crippen MR) is 102 cm³/mol. The van der Waals surface area contributed by atoms with E-state index in [1.165, 1.54) is 18.2 Å². The first-order valence-corrected chi connectivity index (χ1v) is 9.50. The lowest BCUT2D eigenvalue weighted by molar-refractivity contribution is -0.385. The molecule has 2 aliphatic carbocycles. The zero-order valence-electron chi connectivity index (χ0n) is 16.1. The van der Waals surface area contributed by atoms with Crippen molar-refractivity contribution in [1.82, 2.24) is 4.90 Å². The van der Waals surface area contributed by atoms with E-state index >= 15 is 0 Å². The molecule has 10 heteroatoms. The standard InChI is InChI=1S/C20H19N3O7/c1-10-2-5-13(7-14(10)23(28)29)21-15(24)9-30-16(25)8-22-19(26)17-11-3-4-12(6-11)18(17)20(22)27/h2-5,7,11-12,17-18H,6,8-9H2,1H3,(H,21,24)/t11-,12-,17-,18-/m0/s1. The number of nitro groups is 1. The summed E-state index contributed by atoms with van der Waals surface area (Å²) in [5.74, 6) is -3.02. The molecule has 4 rings (SSSR count). The fourth-order valence-electron chi connectivity index (χ4n) is 4.52. The zero-order chi connectivity index (χ0) is 21.6. The Labute approximate surface area is 171 Å². The van der Waals surface area contributed by atoms with Gasteiger partial charge in [-0.2, -0.15) is 0 Å². The van der Waals surface area contributed by atoms with Crippen LogP contribution in [0.2, 0.25) is 0 Å². The minimum Gasteiger partial charge on any atom is -0.454 e. The molecule has 1 saturated carbocycles. The number of hydrogen-bond donors (Lipinski definition) is 1. The van der Waals surface area contributed by atoms with Gasteiger partial charge in [-0.3, -0.25) is 34.2 Å². The van der Waals surface area contributed by atoms with Gasteiger partial charge in [0.05, 0.1) is 16.8 Å². The minimum absolute atomic E-state index is 0.0433. The number of amides is 3. The van der Waals surface area contributed by atoms with Crippen LogP contribution >= 0.6 is 0 Å². The lowest BCUT2D eigenvalue weighted by Gasteiger charge is -2.16. The van der Waals surface area contributed by atoms with E-state index in [0.717, 1.165) is 11.3 Å². The molecule has 3 aliphatic rings. The average Bonchev–Trinajstić information content (AvgIpc) is 3.38. The number of benzene rings is 1. The summed E-state index contributed by atoms with van der Waals surface area (Å²) >= 11 is 0. The number of rotatable bonds is 6. The molecule has 0 aromatic heterocycles. The first kappa shape index (κ1) is 19.7. The summed E-state index contributed by atoms with van der Waals surface area (Å²) in [6, 6.07) is 4.19. The van der Waals surface area contributed by atoms with Gasteiger partial charge in [-0.25, -0.2) is 0 Å². The van der Waals surface area contributed by atoms with E-state index in [0.29, 0.717) is 5.56 Å². The second-order valence-corrected chi connectivity index (χ2v) is 7.73. The second kappa shape index (κ2) is 7.36. The van der Waals surface area contributed by atoms with Gasteiger partial charge in [0.25, 0.3) is 11.6 Å². The van der Waals surface area contributed by atoms with Gasteiger partial charge in [0.1, 0.15) is 6.54 Å². The third-order valence-electron chi connectivity index (χ3n) is 5.90. The van der Waals surface area contributed by atoms with E-state index in [9.17, 15) is 29.3 Å². The van der Waals surface area contributed by atoms with Crippen molar-refractivity contribution >= 4 is 35.1 Å². The summed E-state index contributed by atoms with van der Waals surface area (Å²) in [6.45, 7) is 0.395. The Morgan fingerprint density at radius 3 is 2.43 bits per heavy atom. The lowest BCUT2D eigenvalue weighted by Crippen LogP contribution is -2.38. The normalized spacial score (nSPS) is 26.1. The number of allylic oxidation sites excluding steroid dienone is 2. The van der Waals surface area contributed by atoms with Crippen molar-refractivity contribution in [2.45, 2.75) is 13.3 Å². The average molecular weight is 413 g/mol. The first-order chi connectivity index (χ1) is 14.3. The molecule has 3 amide bonds. The number of ether oxygens (including phenoxy) is 1. The summed E-state index contributed by atoms with van der Waals surface area (Å²) in [6.07, 6.45) is 4.71. The molecule has 0 unspecified atom stereocenters. The number of carbonyl (C=O) groups excluding carboxylic acids is 4. The highest BCUT2D eigenvalue weighted by Gasteiger charge is 2.59. The molecule has 30 heavy (non-hydrogen) atoms. The van der Waals surface area contributed by atoms with Crippen LogP contribution in [0.25, 0.3) is 0 Å². The number of aryl methyl sites for hydroxylation is 1. The summed E-state index contributed by atoms with van der Waals surface area (Å²) in [7, 11) is 0. The van der Waals surface area contributed by atoms with E-state index < -0.39 is 41.8 Å². The van der Waals surface area contributed by atoms with Crippen LogP contribution in [-0.2, 0) is 23.9 Å². The van der Waals surface area contributed by atoms with Crippen molar-refractivity contribution in [2.75, 3.05) is 18.5 Å². The van der Waals surface area contributed by atoms with Crippen LogP contribution in [0.1, 0.15) is 12.0 Å². The minimum atomic E-state index is -0.873. The van der Waals surface area contributed by atoms with Gasteiger partial charge in [-0.05, 0) is 31.2 Å². The molecule has 10 nitrogen and oxygen atoms in total. The van der Waals surface area contributed by atoms with Crippen LogP contribution < -0.4 is 5.32 Å². The number of nitrogens with one attached hydrogen (secondary N) is 1. The topological polar surface area (TPSA) is 136 Å². The van der Waals surface area contributed by atoms with Crippen molar-refractivity contribution in [1.29, 1.82) is 0 Å². The Kier molecular flexibility index (Phi) is 4.84. The van der Waals surface area contributed by atoms with Crippen molar-refractivity contribution in [3.05, 3.63) is 46.0 Å². The number of esters is 1. The number of hydrogen-bond acceptors (Lipinski definition) is 7. The van der Waals surface area contributed by atoms with Crippen LogP contribution in [0.5, 0.6) is 0 Å². The Balaban J connectivity index is 1.30. The highest BCUT2D eigenvalue weighted by molar-refractivity contribution is 6.08. The molecule has 1 saturated heterocycles. The maximum absolute atomic E-state index is 12.5. The number of carbonyl (C=O) groups is 4.